The van der Waals surface area contributed by atoms with Crippen LogP contribution in [0.2, 0.25) is 0 Å². The summed E-state index contributed by atoms with van der Waals surface area (Å²) in [7, 11) is 0. The van der Waals surface area contributed by atoms with Crippen LogP contribution in [0, 0.1) is 22.5 Å². The molecule has 1 atom stereocenters. The molecule has 1 amide bonds. The van der Waals surface area contributed by atoms with Crippen LogP contribution in [0.1, 0.15) is 19.4 Å². The zero-order valence-corrected chi connectivity index (χ0v) is 17.0. The van der Waals surface area contributed by atoms with Crippen LogP contribution in [-0.2, 0) is 4.79 Å². The maximum absolute atomic E-state index is 14.2. The fourth-order valence-electron chi connectivity index (χ4n) is 3.21. The fraction of sp³-hybridized carbons (Fsp3) is 0.136. The van der Waals surface area contributed by atoms with Crippen LogP contribution in [0.5, 0.6) is 0 Å². The molecule has 9 heteroatoms. The van der Waals surface area contributed by atoms with Gasteiger partial charge in [0.15, 0.2) is 5.84 Å². The largest absolute Gasteiger partial charge is 0.398 e. The number of hydrogen-bond donors (Lipinski definition) is 5. The molecule has 2 aliphatic heterocycles. The number of carbonyl (C=O) groups excluding carboxylic acids is 1. The number of nitrogens with two attached hydrogens (primary N) is 1. The van der Waals surface area contributed by atoms with E-state index in [1.54, 1.807) is 43.3 Å². The zero-order chi connectivity index (χ0) is 22.7. The molecule has 6 N–H and O–H groups in total. The van der Waals surface area contributed by atoms with Gasteiger partial charge in [-0.2, -0.15) is 0 Å². The second-order valence-electron chi connectivity index (χ2n) is 7.15. The topological polar surface area (TPSA) is 118 Å². The van der Waals surface area contributed by atoms with E-state index < -0.39 is 23.1 Å². The summed E-state index contributed by atoms with van der Waals surface area (Å²) in [6.07, 6.45) is 8.58. The fourth-order valence-corrected chi connectivity index (χ4v) is 3.21. The molecule has 0 saturated heterocycles. The van der Waals surface area contributed by atoms with Crippen molar-refractivity contribution in [2.45, 2.75) is 20.0 Å². The number of fused-ring (bicyclic) bond motifs is 1. The van der Waals surface area contributed by atoms with Crippen LogP contribution in [0.25, 0.3) is 5.70 Å². The lowest BCUT2D eigenvalue weighted by Gasteiger charge is -2.28. The van der Waals surface area contributed by atoms with Crippen LogP contribution in [0.15, 0.2) is 71.2 Å². The standard InChI is InChI=1S/C22H22F2N6O/c1-12(2)8-19(31)29-22(27)17-10-28-18-7-6-13(11-30(17)18)14(9-25)21(26)20-15(23)4-3-5-16(20)24/h3-11,18,25,28H,26H2,1-2H3,(H2,27,29,31). The van der Waals surface area contributed by atoms with E-state index in [0.29, 0.717) is 11.3 Å². The van der Waals surface area contributed by atoms with Crippen molar-refractivity contribution in [3.63, 3.8) is 0 Å². The highest BCUT2D eigenvalue weighted by molar-refractivity contribution is 6.09. The molecular weight excluding hydrogens is 402 g/mol. The number of nitrogens with one attached hydrogen (secondary N) is 4. The second kappa shape index (κ2) is 8.78. The molecule has 2 aliphatic rings. The molecule has 0 aromatic heterocycles. The summed E-state index contributed by atoms with van der Waals surface area (Å²) in [5, 5.41) is 21.5. The van der Waals surface area contributed by atoms with E-state index in [-0.39, 0.29) is 23.3 Å². The summed E-state index contributed by atoms with van der Waals surface area (Å²) in [5.41, 5.74) is 7.13. The lowest BCUT2D eigenvalue weighted by atomic mass is 9.98. The zero-order valence-electron chi connectivity index (χ0n) is 17.0. The van der Waals surface area contributed by atoms with Crippen molar-refractivity contribution in [1.82, 2.24) is 15.5 Å². The van der Waals surface area contributed by atoms with Crippen molar-refractivity contribution >= 4 is 23.7 Å². The first-order chi connectivity index (χ1) is 14.7. The number of halogens is 2. The van der Waals surface area contributed by atoms with E-state index in [1.165, 1.54) is 12.1 Å². The summed E-state index contributed by atoms with van der Waals surface area (Å²) in [6.45, 7) is 3.54. The number of amidine groups is 1. The van der Waals surface area contributed by atoms with Gasteiger partial charge in [-0.25, -0.2) is 8.78 Å². The van der Waals surface area contributed by atoms with Gasteiger partial charge < -0.3 is 26.7 Å². The van der Waals surface area contributed by atoms with Crippen LogP contribution in [0.3, 0.4) is 0 Å². The van der Waals surface area contributed by atoms with Crippen LogP contribution in [0.4, 0.5) is 8.78 Å². The average molecular weight is 424 g/mol. The van der Waals surface area contributed by atoms with Gasteiger partial charge in [-0.05, 0) is 32.1 Å². The quantitative estimate of drug-likeness (QED) is 0.284. The Morgan fingerprint density at radius 2 is 1.97 bits per heavy atom. The maximum Gasteiger partial charge on any atom is 0.249 e. The first-order valence-electron chi connectivity index (χ1n) is 9.37. The molecule has 0 fully saturated rings. The molecule has 0 saturated carbocycles. The molecule has 1 aromatic rings. The molecule has 2 heterocycles. The third-order valence-corrected chi connectivity index (χ3v) is 4.61. The minimum Gasteiger partial charge on any atom is -0.398 e. The van der Waals surface area contributed by atoms with Crippen molar-refractivity contribution in [3.8, 4) is 0 Å². The lowest BCUT2D eigenvalue weighted by molar-refractivity contribution is -0.115. The predicted molar refractivity (Wildman–Crippen MR) is 116 cm³/mol. The number of hydrogen-bond acceptors (Lipinski definition) is 6. The minimum absolute atomic E-state index is 0.116. The summed E-state index contributed by atoms with van der Waals surface area (Å²) >= 11 is 0. The smallest absolute Gasteiger partial charge is 0.249 e. The van der Waals surface area contributed by atoms with Gasteiger partial charge in [-0.3, -0.25) is 10.2 Å². The predicted octanol–water partition coefficient (Wildman–Crippen LogP) is 2.87. The SMILES string of the molecule is CC(C)=CC(=O)NC(=N)C1=CNC2C=CC(C(C=N)=C(N)c3c(F)cccc3F)=CN12. The van der Waals surface area contributed by atoms with E-state index in [0.717, 1.165) is 23.9 Å². The summed E-state index contributed by atoms with van der Waals surface area (Å²) in [5.74, 6) is -2.22. The number of rotatable bonds is 5. The highest BCUT2D eigenvalue weighted by atomic mass is 19.1. The van der Waals surface area contributed by atoms with Gasteiger partial charge in [-0.1, -0.05) is 17.7 Å². The average Bonchev–Trinajstić information content (AvgIpc) is 3.11. The van der Waals surface area contributed by atoms with Gasteiger partial charge in [0.2, 0.25) is 5.91 Å². The third kappa shape index (κ3) is 4.45. The molecule has 0 radical (unpaired) electrons. The van der Waals surface area contributed by atoms with Crippen LogP contribution in [-0.4, -0.2) is 29.0 Å². The summed E-state index contributed by atoms with van der Waals surface area (Å²) in [4.78, 5) is 13.6. The lowest BCUT2D eigenvalue weighted by Crippen LogP contribution is -2.39. The number of amides is 1. The van der Waals surface area contributed by atoms with Gasteiger partial charge in [0.25, 0.3) is 0 Å². The Morgan fingerprint density at radius 1 is 1.29 bits per heavy atom. The number of carbonyl (C=O) groups is 1. The van der Waals surface area contributed by atoms with Crippen molar-refractivity contribution in [3.05, 3.63) is 88.4 Å². The molecule has 31 heavy (non-hydrogen) atoms. The van der Waals surface area contributed by atoms with Crippen LogP contribution < -0.4 is 16.4 Å². The van der Waals surface area contributed by atoms with Crippen LogP contribution >= 0.6 is 0 Å². The van der Waals surface area contributed by atoms with Gasteiger partial charge >= 0.3 is 0 Å². The van der Waals surface area contributed by atoms with Crippen molar-refractivity contribution in [1.29, 1.82) is 10.8 Å². The molecule has 0 spiro atoms. The van der Waals surface area contributed by atoms with E-state index in [9.17, 15) is 13.6 Å². The molecule has 160 valence electrons. The first kappa shape index (κ1) is 21.7. The Morgan fingerprint density at radius 3 is 2.58 bits per heavy atom. The summed E-state index contributed by atoms with van der Waals surface area (Å²) in [6, 6.07) is 3.42. The molecule has 1 unspecified atom stereocenters. The Hall–Kier alpha value is -4.01. The van der Waals surface area contributed by atoms with Gasteiger partial charge in [0.05, 0.1) is 11.3 Å². The Labute approximate surface area is 178 Å². The highest BCUT2D eigenvalue weighted by Crippen LogP contribution is 2.29. The van der Waals surface area contributed by atoms with E-state index in [2.05, 4.69) is 10.6 Å². The molecule has 0 bridgehead atoms. The molecule has 3 rings (SSSR count). The van der Waals surface area contributed by atoms with E-state index >= 15 is 0 Å². The highest BCUT2D eigenvalue weighted by Gasteiger charge is 2.29. The third-order valence-electron chi connectivity index (χ3n) is 4.61. The molecular formula is C22H22F2N6O. The van der Waals surface area contributed by atoms with Crippen molar-refractivity contribution in [2.75, 3.05) is 0 Å². The summed E-state index contributed by atoms with van der Waals surface area (Å²) < 4.78 is 28.4. The Balaban J connectivity index is 1.94. The maximum atomic E-state index is 14.2. The molecule has 0 aliphatic carbocycles. The number of nitrogens with zero attached hydrogens (tertiary/aromatic N) is 1. The number of allylic oxidation sites excluding steroid dienone is 4. The van der Waals surface area contributed by atoms with Gasteiger partial charge in [-0.15, -0.1) is 0 Å². The van der Waals surface area contributed by atoms with E-state index in [4.69, 9.17) is 16.6 Å². The normalized spacial score (nSPS) is 17.5. The second-order valence-corrected chi connectivity index (χ2v) is 7.15. The van der Waals surface area contributed by atoms with Gasteiger partial charge in [0.1, 0.15) is 23.5 Å². The Bertz CT molecular complexity index is 1090. The molecule has 1 aromatic carbocycles. The van der Waals surface area contributed by atoms with Gasteiger partial charge in [0, 0.05) is 35.8 Å². The molecule has 7 nitrogen and oxygen atoms in total. The monoisotopic (exact) mass is 424 g/mol. The van der Waals surface area contributed by atoms with Crippen molar-refractivity contribution < 1.29 is 13.6 Å². The first-order valence-corrected chi connectivity index (χ1v) is 9.37. The number of benzene rings is 1. The Kier molecular flexibility index (Phi) is 6.15. The minimum atomic E-state index is -0.831. The van der Waals surface area contributed by atoms with Crippen molar-refractivity contribution in [2.24, 2.45) is 5.73 Å². The van der Waals surface area contributed by atoms with E-state index in [1.807, 2.05) is 0 Å².